The van der Waals surface area contributed by atoms with Crippen LogP contribution in [0.15, 0.2) is 18.2 Å². The van der Waals surface area contributed by atoms with Gasteiger partial charge >= 0.3 is 0 Å². The summed E-state index contributed by atoms with van der Waals surface area (Å²) in [4.78, 5) is 0. The second kappa shape index (κ2) is 11.0. The maximum atomic E-state index is 10.1. The van der Waals surface area contributed by atoms with E-state index in [1.807, 2.05) is 6.07 Å². The Bertz CT molecular complexity index is 507. The van der Waals surface area contributed by atoms with Crippen molar-refractivity contribution in [3.05, 3.63) is 29.3 Å². The molecule has 0 atom stereocenters. The van der Waals surface area contributed by atoms with Crippen LogP contribution in [0.2, 0.25) is 0 Å². The molecule has 1 aromatic rings. The number of aromatic hydroxyl groups is 1. The fourth-order valence-electron chi connectivity index (χ4n) is 3.43. The van der Waals surface area contributed by atoms with E-state index < -0.39 is 0 Å². The van der Waals surface area contributed by atoms with Crippen LogP contribution in [0.1, 0.15) is 110 Å². The van der Waals surface area contributed by atoms with Crippen molar-refractivity contribution in [3.8, 4) is 5.75 Å². The van der Waals surface area contributed by atoms with Gasteiger partial charge in [0.1, 0.15) is 5.75 Å². The van der Waals surface area contributed by atoms with Crippen molar-refractivity contribution in [1.29, 1.82) is 0 Å². The molecular formula is C25H44O. The van der Waals surface area contributed by atoms with Gasteiger partial charge < -0.3 is 5.11 Å². The minimum absolute atomic E-state index is 0.413. The van der Waals surface area contributed by atoms with E-state index in [1.54, 1.807) is 0 Å². The van der Waals surface area contributed by atoms with E-state index in [-0.39, 0.29) is 0 Å². The number of phenols is 1. The van der Waals surface area contributed by atoms with Gasteiger partial charge in [-0.2, -0.15) is 0 Å². The Labute approximate surface area is 163 Å². The first-order chi connectivity index (χ1) is 12.1. The maximum absolute atomic E-state index is 10.1. The quantitative estimate of drug-likeness (QED) is 0.373. The molecular weight excluding hydrogens is 316 g/mol. The lowest BCUT2D eigenvalue weighted by atomic mass is 9.84. The van der Waals surface area contributed by atoms with Crippen molar-refractivity contribution < 1.29 is 5.11 Å². The molecule has 0 aliphatic rings. The Kier molecular flexibility index (Phi) is 9.75. The van der Waals surface area contributed by atoms with Crippen molar-refractivity contribution in [2.45, 2.75) is 112 Å². The average Bonchev–Trinajstić information content (AvgIpc) is 2.56. The topological polar surface area (TPSA) is 20.2 Å². The van der Waals surface area contributed by atoms with Gasteiger partial charge in [0.15, 0.2) is 0 Å². The number of phenolic OH excluding ortho intramolecular Hbond substituents is 1. The Morgan fingerprint density at radius 1 is 0.769 bits per heavy atom. The molecule has 0 saturated heterocycles. The molecule has 0 unspecified atom stereocenters. The molecule has 0 spiro atoms. The molecule has 0 fully saturated rings. The average molecular weight is 361 g/mol. The van der Waals surface area contributed by atoms with Gasteiger partial charge in [-0.05, 0) is 66.5 Å². The van der Waals surface area contributed by atoms with Crippen LogP contribution in [0.25, 0.3) is 0 Å². The van der Waals surface area contributed by atoms with E-state index >= 15 is 0 Å². The summed E-state index contributed by atoms with van der Waals surface area (Å²) in [5.74, 6) is 0.478. The Balaban J connectivity index is 2.31. The highest BCUT2D eigenvalue weighted by Crippen LogP contribution is 2.28. The fraction of sp³-hybridized carbons (Fsp3) is 0.760. The van der Waals surface area contributed by atoms with Crippen LogP contribution in [0.4, 0.5) is 0 Å². The smallest absolute Gasteiger partial charge is 0.118 e. The van der Waals surface area contributed by atoms with Crippen molar-refractivity contribution >= 4 is 0 Å². The number of aryl methyl sites for hydroxylation is 2. The summed E-state index contributed by atoms with van der Waals surface area (Å²) in [6.45, 7) is 14.0. The normalized spacial score (nSPS) is 12.5. The highest BCUT2D eigenvalue weighted by atomic mass is 16.3. The zero-order chi connectivity index (χ0) is 19.6. The van der Waals surface area contributed by atoms with E-state index in [2.05, 4.69) is 53.7 Å². The molecule has 0 radical (unpaired) electrons. The SMILES string of the molecule is CCC(C)(C)CCCCCCc1ccc(O)c(CCCCC(C)(C)C)c1. The Morgan fingerprint density at radius 3 is 2.04 bits per heavy atom. The zero-order valence-electron chi connectivity index (χ0n) is 18.5. The number of hydrogen-bond donors (Lipinski definition) is 1. The molecule has 0 amide bonds. The third-order valence-corrected chi connectivity index (χ3v) is 5.79. The third kappa shape index (κ3) is 10.2. The molecule has 26 heavy (non-hydrogen) atoms. The largest absolute Gasteiger partial charge is 0.508 e. The molecule has 1 heteroatoms. The maximum Gasteiger partial charge on any atom is 0.118 e. The summed E-state index contributed by atoms with van der Waals surface area (Å²) < 4.78 is 0. The van der Waals surface area contributed by atoms with E-state index in [0.717, 1.165) is 18.4 Å². The van der Waals surface area contributed by atoms with Crippen LogP contribution in [0.3, 0.4) is 0 Å². The van der Waals surface area contributed by atoms with Crippen LogP contribution in [-0.2, 0) is 12.8 Å². The standard InChI is InChI=1S/C25H44O/c1-7-25(5,6)19-12-9-8-10-14-21-16-17-23(26)22(20-21)15-11-13-18-24(2,3)4/h16-17,20,26H,7-15,18-19H2,1-6H3. The van der Waals surface area contributed by atoms with Gasteiger partial charge in [0, 0.05) is 0 Å². The van der Waals surface area contributed by atoms with Gasteiger partial charge in [0.2, 0.25) is 0 Å². The van der Waals surface area contributed by atoms with E-state index in [9.17, 15) is 5.11 Å². The summed E-state index contributed by atoms with van der Waals surface area (Å²) in [5, 5.41) is 10.1. The lowest BCUT2D eigenvalue weighted by molar-refractivity contribution is 0.307. The van der Waals surface area contributed by atoms with Crippen molar-refractivity contribution in [2.24, 2.45) is 10.8 Å². The summed E-state index contributed by atoms with van der Waals surface area (Å²) in [5.41, 5.74) is 3.46. The highest BCUT2D eigenvalue weighted by molar-refractivity contribution is 5.36. The first-order valence-electron chi connectivity index (χ1n) is 10.9. The molecule has 1 N–H and O–H groups in total. The van der Waals surface area contributed by atoms with E-state index in [1.165, 1.54) is 63.4 Å². The second-order valence-electron chi connectivity index (χ2n) is 10.2. The van der Waals surface area contributed by atoms with Gasteiger partial charge in [0.25, 0.3) is 0 Å². The summed E-state index contributed by atoms with van der Waals surface area (Å²) in [6, 6.07) is 6.25. The van der Waals surface area contributed by atoms with Crippen LogP contribution in [-0.4, -0.2) is 5.11 Å². The minimum Gasteiger partial charge on any atom is -0.508 e. The summed E-state index contributed by atoms with van der Waals surface area (Å²) >= 11 is 0. The molecule has 150 valence electrons. The lowest BCUT2D eigenvalue weighted by Crippen LogP contribution is -2.08. The number of hydrogen-bond acceptors (Lipinski definition) is 1. The van der Waals surface area contributed by atoms with Gasteiger partial charge in [-0.3, -0.25) is 0 Å². The third-order valence-electron chi connectivity index (χ3n) is 5.79. The molecule has 0 aliphatic heterocycles. The van der Waals surface area contributed by atoms with Gasteiger partial charge in [0.05, 0.1) is 0 Å². The van der Waals surface area contributed by atoms with Crippen molar-refractivity contribution in [2.75, 3.05) is 0 Å². The molecule has 1 rings (SSSR count). The Morgan fingerprint density at radius 2 is 1.38 bits per heavy atom. The first-order valence-corrected chi connectivity index (χ1v) is 10.9. The van der Waals surface area contributed by atoms with E-state index in [0.29, 0.717) is 16.6 Å². The highest BCUT2D eigenvalue weighted by Gasteiger charge is 2.13. The molecule has 1 nitrogen and oxygen atoms in total. The zero-order valence-corrected chi connectivity index (χ0v) is 18.5. The number of unbranched alkanes of at least 4 members (excludes halogenated alkanes) is 4. The summed E-state index contributed by atoms with van der Waals surface area (Å²) in [6.07, 6.45) is 13.7. The summed E-state index contributed by atoms with van der Waals surface area (Å²) in [7, 11) is 0. The molecule has 1 aromatic carbocycles. The minimum atomic E-state index is 0.413. The number of benzene rings is 1. The Hall–Kier alpha value is -0.980. The molecule has 0 saturated carbocycles. The van der Waals surface area contributed by atoms with Crippen LogP contribution in [0.5, 0.6) is 5.75 Å². The number of rotatable bonds is 12. The first kappa shape index (κ1) is 23.1. The van der Waals surface area contributed by atoms with E-state index in [4.69, 9.17) is 0 Å². The predicted octanol–water partition coefficient (Wildman–Crippen LogP) is 8.08. The van der Waals surface area contributed by atoms with Crippen LogP contribution in [0, 0.1) is 10.8 Å². The molecule has 0 heterocycles. The van der Waals surface area contributed by atoms with Gasteiger partial charge in [-0.25, -0.2) is 0 Å². The van der Waals surface area contributed by atoms with Gasteiger partial charge in [-0.15, -0.1) is 0 Å². The second-order valence-corrected chi connectivity index (χ2v) is 10.2. The van der Waals surface area contributed by atoms with Crippen LogP contribution >= 0.6 is 0 Å². The van der Waals surface area contributed by atoms with Gasteiger partial charge in [-0.1, -0.05) is 85.8 Å². The molecule has 0 aromatic heterocycles. The monoisotopic (exact) mass is 360 g/mol. The predicted molar refractivity (Wildman–Crippen MR) is 116 cm³/mol. The fourth-order valence-corrected chi connectivity index (χ4v) is 3.43. The van der Waals surface area contributed by atoms with Crippen LogP contribution < -0.4 is 0 Å². The molecule has 0 aliphatic carbocycles. The lowest BCUT2D eigenvalue weighted by Gasteiger charge is -2.22. The molecule has 0 bridgehead atoms. The van der Waals surface area contributed by atoms with Crippen molar-refractivity contribution in [3.63, 3.8) is 0 Å². The van der Waals surface area contributed by atoms with Crippen molar-refractivity contribution in [1.82, 2.24) is 0 Å².